The Hall–Kier alpha value is -6.54. The van der Waals surface area contributed by atoms with Crippen LogP contribution in [0.15, 0.2) is 95.2 Å². The van der Waals surface area contributed by atoms with Crippen molar-refractivity contribution >= 4 is 108 Å². The van der Waals surface area contributed by atoms with Crippen molar-refractivity contribution in [3.8, 4) is 0 Å². The number of hydrogen-bond donors (Lipinski definition) is 3. The lowest BCUT2D eigenvalue weighted by Gasteiger charge is -2.18. The largest absolute Gasteiger partial charge is 0.448 e. The maximum Gasteiger partial charge on any atom is 0.424 e. The van der Waals surface area contributed by atoms with Crippen LogP contribution in [0.3, 0.4) is 0 Å². The van der Waals surface area contributed by atoms with Crippen molar-refractivity contribution in [1.82, 2.24) is 60.9 Å². The number of nitrogens with two attached hydrogens (primary N) is 1. The van der Waals surface area contributed by atoms with Crippen LogP contribution in [0.5, 0.6) is 0 Å². The molecule has 8 aromatic rings. The fourth-order valence-corrected chi connectivity index (χ4v) is 14.9. The molecule has 7 heterocycles. The van der Waals surface area contributed by atoms with Gasteiger partial charge in [0.05, 0.1) is 45.6 Å². The van der Waals surface area contributed by atoms with E-state index in [9.17, 15) is 43.3 Å². The molecule has 0 spiro atoms. The molecule has 2 amide bonds. The van der Waals surface area contributed by atoms with E-state index in [1.54, 1.807) is 77.5 Å². The number of alkyl halides is 1. The number of carbonyl (C=O) groups excluding carboxylic acids is 2. The van der Waals surface area contributed by atoms with E-state index in [1.165, 1.54) is 21.1 Å². The van der Waals surface area contributed by atoms with Crippen LogP contribution in [0, 0.1) is 25.7 Å². The summed E-state index contributed by atoms with van der Waals surface area (Å²) in [6.07, 6.45) is 8.65. The molecule has 3 aliphatic rings. The number of aryl methyl sites for hydroxylation is 2. The lowest BCUT2D eigenvalue weighted by atomic mass is 9.93. The first-order valence-electron chi connectivity index (χ1n) is 25.2. The van der Waals surface area contributed by atoms with Crippen LogP contribution >= 0.6 is 22.3 Å². The quantitative estimate of drug-likeness (QED) is 0.0897. The van der Waals surface area contributed by atoms with E-state index < -0.39 is 57.7 Å². The summed E-state index contributed by atoms with van der Waals surface area (Å²) in [5.41, 5.74) is 11.1. The van der Waals surface area contributed by atoms with Crippen LogP contribution in [0.25, 0.3) is 33.6 Å². The highest BCUT2D eigenvalue weighted by atomic mass is 35.7. The Balaban J connectivity index is 0.000000167. The number of cyclic esters (lactones) is 1. The molecule has 4 N–H and O–H groups in total. The van der Waals surface area contributed by atoms with E-state index >= 15 is 0 Å². The summed E-state index contributed by atoms with van der Waals surface area (Å²) in [4.78, 5) is 31.4. The van der Waals surface area contributed by atoms with Gasteiger partial charge in [-0.15, -0.1) is 32.0 Å². The van der Waals surface area contributed by atoms with Gasteiger partial charge < -0.3 is 15.2 Å². The number of carbonyl (C=O) groups is 2. The maximum absolute atomic E-state index is 13.4. The summed E-state index contributed by atoms with van der Waals surface area (Å²) in [6, 6.07) is 16.6. The smallest absolute Gasteiger partial charge is 0.424 e. The van der Waals surface area contributed by atoms with E-state index in [4.69, 9.17) is 22.1 Å². The van der Waals surface area contributed by atoms with Gasteiger partial charge in [-0.25, -0.2) is 49.1 Å². The second-order valence-corrected chi connectivity index (χ2v) is 27.4. The number of nitrogens with one attached hydrogen (secondary N) is 2. The monoisotopic (exact) mass is 1220 g/mol. The number of amides is 2. The Kier molecular flexibility index (Phi) is 16.8. The van der Waals surface area contributed by atoms with Crippen molar-refractivity contribution in [3.05, 3.63) is 108 Å². The first-order valence-corrected chi connectivity index (χ1v) is 32.4. The summed E-state index contributed by atoms with van der Waals surface area (Å²) < 4.78 is 119. The summed E-state index contributed by atoms with van der Waals surface area (Å²) >= 11 is 5.13. The Morgan fingerprint density at radius 1 is 0.713 bits per heavy atom. The Morgan fingerprint density at radius 3 is 1.65 bits per heavy atom. The lowest BCUT2D eigenvalue weighted by Crippen LogP contribution is -2.45. The van der Waals surface area contributed by atoms with Gasteiger partial charge in [0.2, 0.25) is 0 Å². The first-order chi connectivity index (χ1) is 37.9. The zero-order chi connectivity index (χ0) is 57.5. The molecule has 0 radical (unpaired) electrons. The normalized spacial score (nSPS) is 20.7. The molecule has 26 nitrogen and oxygen atoms in total. The Bertz CT molecular complexity index is 4080. The molecular weight excluding hydrogens is 1160 g/mol. The van der Waals surface area contributed by atoms with Gasteiger partial charge in [-0.3, -0.25) is 8.80 Å². The van der Waals surface area contributed by atoms with Gasteiger partial charge >= 0.3 is 31.6 Å². The molecule has 6 atom stereocenters. The predicted octanol–water partition coefficient (Wildman–Crippen LogP) is 5.47. The SMILES string of the molecule is CC[C@@H]1C[C@H](N)C[C@@H]1c1nnc2cnc3c(ccn3S(=O)(=O)c3ccc(C)cc3)n12.CC[C@@H]1C[C@H](NS(=O)(=O)N2CCOC2=O)C[C@@H]1c1nnc2cnc3c(ccn3S(=O)(=O)c3ccc(C)cc3)n12.O=C(NS(=O)(=O)Cl)OCCCl. The van der Waals surface area contributed by atoms with E-state index in [1.807, 2.05) is 25.2 Å². The molecule has 32 heteroatoms. The molecule has 2 aliphatic carbocycles. The van der Waals surface area contributed by atoms with Crippen molar-refractivity contribution < 1.29 is 52.7 Å². The van der Waals surface area contributed by atoms with Crippen LogP contribution in [0.2, 0.25) is 0 Å². The minimum absolute atomic E-state index is 0.0240. The Labute approximate surface area is 469 Å². The van der Waals surface area contributed by atoms with E-state index in [0.29, 0.717) is 56.9 Å². The topological polar surface area (TPSA) is 338 Å². The standard InChI is InChI=1S/C24H27N7O6S2.C21H24N6O2S.C3H5Cl2NO4S/c1-3-16-12-17(28-39(35,36)30-10-11-37-24(30)32)13-19(16)22-27-26-21-14-25-23-20(31(21)22)8-9-29(23)38(33,34)18-6-4-15(2)5-7-18;1-3-14-10-15(22)11-17(14)20-25-24-19-12-23-21-18(27(19)20)8-9-26(21)30(28,29)16-6-4-13(2)5-7-16;4-1-2-10-3(7)6-11(5,8)9/h4-9,14,16-17,19,28H,3,10-13H2,1-2H3;4-9,12,14-15,17H,3,10-11,22H2,1-2H3;1-2H2,(H,6,7)/t16-,17+,19+;14-,15+,17+;/m11./s1. The number of hydrogen-bond acceptors (Lipinski definition) is 19. The molecule has 3 fully saturated rings. The maximum atomic E-state index is 13.4. The first kappa shape index (κ1) is 58.1. The highest BCUT2D eigenvalue weighted by Crippen LogP contribution is 2.43. The zero-order valence-electron chi connectivity index (χ0n) is 43.4. The van der Waals surface area contributed by atoms with Crippen molar-refractivity contribution in [2.45, 2.75) is 99.9 Å². The molecule has 428 valence electrons. The van der Waals surface area contributed by atoms with Gasteiger partial charge in [-0.05, 0) is 87.8 Å². The number of halogens is 2. The van der Waals surface area contributed by atoms with Gasteiger partial charge in [0, 0.05) is 47.0 Å². The lowest BCUT2D eigenvalue weighted by molar-refractivity contribution is 0.159. The second-order valence-electron chi connectivity index (χ2n) is 19.4. The van der Waals surface area contributed by atoms with Crippen molar-refractivity contribution in [2.24, 2.45) is 17.6 Å². The minimum atomic E-state index is -4.05. The third-order valence-electron chi connectivity index (χ3n) is 14.3. The third-order valence-corrected chi connectivity index (χ3v) is 20.0. The summed E-state index contributed by atoms with van der Waals surface area (Å²) in [5.74, 6) is 2.09. The number of ether oxygens (including phenoxy) is 2. The molecule has 0 unspecified atom stereocenters. The molecule has 6 aromatic heterocycles. The average Bonchev–Trinajstić information content (AvgIpc) is 4.42. The van der Waals surface area contributed by atoms with E-state index in [-0.39, 0.29) is 64.9 Å². The average molecular weight is 1220 g/mol. The number of fused-ring (bicyclic) bond motifs is 6. The molecule has 1 aliphatic heterocycles. The van der Waals surface area contributed by atoms with Gasteiger partial charge in [-0.1, -0.05) is 62.1 Å². The molecule has 0 bridgehead atoms. The van der Waals surface area contributed by atoms with Gasteiger partial charge in [0.1, 0.15) is 24.9 Å². The fraction of sp³-hybridized carbons (Fsp3) is 0.417. The van der Waals surface area contributed by atoms with Gasteiger partial charge in [0.15, 0.2) is 22.6 Å². The van der Waals surface area contributed by atoms with Crippen LogP contribution < -0.4 is 15.2 Å². The van der Waals surface area contributed by atoms with Crippen LogP contribution in [0.1, 0.15) is 87.0 Å². The van der Waals surface area contributed by atoms with E-state index in [2.05, 4.69) is 57.4 Å². The zero-order valence-corrected chi connectivity index (χ0v) is 48.2. The minimum Gasteiger partial charge on any atom is -0.448 e. The molecule has 80 heavy (non-hydrogen) atoms. The summed E-state index contributed by atoms with van der Waals surface area (Å²) in [7, 11) is -11.1. The number of rotatable bonds is 14. The Morgan fingerprint density at radius 2 is 1.20 bits per heavy atom. The summed E-state index contributed by atoms with van der Waals surface area (Å²) in [6.45, 7) is 7.93. The number of aromatic nitrogens is 10. The van der Waals surface area contributed by atoms with Crippen molar-refractivity contribution in [2.75, 3.05) is 25.6 Å². The van der Waals surface area contributed by atoms with Crippen molar-refractivity contribution in [3.63, 3.8) is 0 Å². The molecule has 11 rings (SSSR count). The number of benzene rings is 2. The van der Waals surface area contributed by atoms with Crippen LogP contribution in [-0.2, 0) is 49.0 Å². The molecule has 2 saturated carbocycles. The van der Waals surface area contributed by atoms with Gasteiger partial charge in [-0.2, -0.15) is 25.9 Å². The van der Waals surface area contributed by atoms with Gasteiger partial charge in [0.25, 0.3) is 20.0 Å². The summed E-state index contributed by atoms with van der Waals surface area (Å²) in [5, 5.41) is 17.5. The highest BCUT2D eigenvalue weighted by Gasteiger charge is 2.42. The molecule has 1 saturated heterocycles. The molecular formula is C48H56Cl2N14O12S4. The predicted molar refractivity (Wildman–Crippen MR) is 293 cm³/mol. The van der Waals surface area contributed by atoms with Crippen LogP contribution in [0.4, 0.5) is 9.59 Å². The third kappa shape index (κ3) is 11.8. The van der Waals surface area contributed by atoms with Crippen molar-refractivity contribution in [1.29, 1.82) is 0 Å². The number of nitrogens with zero attached hydrogens (tertiary/aromatic N) is 11. The highest BCUT2D eigenvalue weighted by molar-refractivity contribution is 8.12. The molecule has 2 aromatic carbocycles. The van der Waals surface area contributed by atoms with E-state index in [0.717, 1.165) is 46.6 Å². The second kappa shape index (κ2) is 23.1. The van der Waals surface area contributed by atoms with Crippen LogP contribution in [-0.4, -0.2) is 135 Å². The fourth-order valence-electron chi connectivity index (χ4n) is 10.5.